The van der Waals surface area contributed by atoms with Crippen molar-refractivity contribution in [3.8, 4) is 12.3 Å². The molecule has 1 aromatic heterocycles. The molecule has 0 unspecified atom stereocenters. The van der Waals surface area contributed by atoms with Crippen LogP contribution in [0.2, 0.25) is 0 Å². The molecular weight excluding hydrogens is 251 g/mol. The minimum Gasteiger partial charge on any atom is -0.397 e. The normalized spacial score (nSPS) is 10.2. The van der Waals surface area contributed by atoms with Crippen molar-refractivity contribution in [2.24, 2.45) is 0 Å². The number of carbonyl (C=O) groups is 1. The number of hydrogen-bond donors (Lipinski definition) is 2. The Bertz CT molecular complexity index is 642. The number of nitrogen functional groups attached to an aromatic ring is 1. The van der Waals surface area contributed by atoms with Crippen LogP contribution < -0.4 is 11.1 Å². The maximum atomic E-state index is 13.1. The van der Waals surface area contributed by atoms with E-state index in [-0.39, 0.29) is 11.7 Å². The molecule has 0 saturated heterocycles. The van der Waals surface area contributed by atoms with Gasteiger partial charge in [0.05, 0.1) is 5.69 Å². The molecule has 1 amide bonds. The van der Waals surface area contributed by atoms with Gasteiger partial charge in [0.2, 0.25) is 0 Å². The third-order valence-corrected chi connectivity index (χ3v) is 3.63. The second-order valence-corrected chi connectivity index (χ2v) is 4.75. The Morgan fingerprint density at radius 2 is 2.33 bits per heavy atom. The number of amides is 1. The molecule has 0 aliphatic rings. The minimum absolute atomic E-state index is 0.274. The number of carbonyl (C=O) groups excluding carboxylic acids is 1. The summed E-state index contributed by atoms with van der Waals surface area (Å²) in [5, 5.41) is 3.24. The van der Waals surface area contributed by atoms with Crippen LogP contribution in [-0.2, 0) is 0 Å². The smallest absolute Gasteiger partial charge is 0.263 e. The van der Waals surface area contributed by atoms with Crippen molar-refractivity contribution in [1.82, 2.24) is 5.32 Å². The molecule has 3 nitrogen and oxygen atoms in total. The molecule has 0 atom stereocenters. The zero-order chi connectivity index (χ0) is 13.1. The van der Waals surface area contributed by atoms with Crippen molar-refractivity contribution < 1.29 is 9.18 Å². The topological polar surface area (TPSA) is 55.1 Å². The van der Waals surface area contributed by atoms with E-state index in [1.54, 1.807) is 6.07 Å². The molecular formula is C13H11FN2OS. The van der Waals surface area contributed by atoms with Crippen LogP contribution in [0.25, 0.3) is 10.1 Å². The van der Waals surface area contributed by atoms with Crippen LogP contribution in [0.4, 0.5) is 10.1 Å². The molecule has 0 aliphatic heterocycles. The van der Waals surface area contributed by atoms with E-state index in [0.29, 0.717) is 28.9 Å². The van der Waals surface area contributed by atoms with Crippen molar-refractivity contribution in [3.63, 3.8) is 0 Å². The van der Waals surface area contributed by atoms with Crippen LogP contribution in [0.15, 0.2) is 18.2 Å². The average molecular weight is 262 g/mol. The van der Waals surface area contributed by atoms with Crippen molar-refractivity contribution >= 4 is 33.0 Å². The van der Waals surface area contributed by atoms with E-state index in [4.69, 9.17) is 12.2 Å². The van der Waals surface area contributed by atoms with Gasteiger partial charge >= 0.3 is 0 Å². The predicted octanol–water partition coefficient (Wildman–Crippen LogP) is 2.38. The summed E-state index contributed by atoms with van der Waals surface area (Å²) < 4.78 is 13.9. The third-order valence-electron chi connectivity index (χ3n) is 2.45. The fourth-order valence-corrected chi connectivity index (χ4v) is 2.61. The molecule has 92 valence electrons. The molecule has 3 N–H and O–H groups in total. The van der Waals surface area contributed by atoms with E-state index in [1.165, 1.54) is 23.5 Å². The molecule has 5 heteroatoms. The van der Waals surface area contributed by atoms with Crippen LogP contribution >= 0.6 is 11.3 Å². The second-order valence-electron chi connectivity index (χ2n) is 3.70. The standard InChI is InChI=1S/C13H11FN2OS/c1-2-3-6-16-13(17)12-11(15)9-7-8(14)4-5-10(9)18-12/h1,4-5,7H,3,6,15H2,(H,16,17). The fraction of sp³-hybridized carbons (Fsp3) is 0.154. The first-order valence-corrected chi connectivity index (χ1v) is 6.14. The number of anilines is 1. The average Bonchev–Trinajstić information content (AvgIpc) is 2.67. The zero-order valence-corrected chi connectivity index (χ0v) is 10.3. The van der Waals surface area contributed by atoms with Gasteiger partial charge in [-0.2, -0.15) is 0 Å². The Labute approximate surface area is 108 Å². The van der Waals surface area contributed by atoms with Crippen LogP contribution in [0.1, 0.15) is 16.1 Å². The second kappa shape index (κ2) is 5.07. The molecule has 0 aliphatic carbocycles. The lowest BCUT2D eigenvalue weighted by atomic mass is 10.2. The molecule has 18 heavy (non-hydrogen) atoms. The van der Waals surface area contributed by atoms with Crippen LogP contribution in [0, 0.1) is 18.2 Å². The van der Waals surface area contributed by atoms with E-state index in [9.17, 15) is 9.18 Å². The maximum absolute atomic E-state index is 13.1. The zero-order valence-electron chi connectivity index (χ0n) is 9.50. The lowest BCUT2D eigenvalue weighted by Gasteiger charge is -2.01. The Morgan fingerprint density at radius 3 is 3.06 bits per heavy atom. The first kappa shape index (κ1) is 12.4. The van der Waals surface area contributed by atoms with Crippen molar-refractivity contribution in [2.75, 3.05) is 12.3 Å². The van der Waals surface area contributed by atoms with Gasteiger partial charge < -0.3 is 11.1 Å². The van der Waals surface area contributed by atoms with Crippen LogP contribution in [-0.4, -0.2) is 12.5 Å². The highest BCUT2D eigenvalue weighted by Gasteiger charge is 2.16. The van der Waals surface area contributed by atoms with E-state index in [0.717, 1.165) is 4.70 Å². The summed E-state index contributed by atoms with van der Waals surface area (Å²) in [5.74, 6) is 1.79. The van der Waals surface area contributed by atoms with E-state index in [1.807, 2.05) is 0 Å². The highest BCUT2D eigenvalue weighted by atomic mass is 32.1. The minimum atomic E-state index is -0.369. The van der Waals surface area contributed by atoms with Crippen molar-refractivity contribution in [2.45, 2.75) is 6.42 Å². The number of benzene rings is 1. The summed E-state index contributed by atoms with van der Waals surface area (Å²) in [5.41, 5.74) is 6.17. The highest BCUT2D eigenvalue weighted by Crippen LogP contribution is 2.33. The summed E-state index contributed by atoms with van der Waals surface area (Å²) in [4.78, 5) is 12.2. The SMILES string of the molecule is C#CCCNC(=O)c1sc2ccc(F)cc2c1N. The molecule has 0 fully saturated rings. The summed E-state index contributed by atoms with van der Waals surface area (Å²) in [7, 11) is 0. The number of terminal acetylenes is 1. The number of hydrogen-bond acceptors (Lipinski definition) is 3. The first-order valence-electron chi connectivity index (χ1n) is 5.32. The number of fused-ring (bicyclic) bond motifs is 1. The molecule has 1 heterocycles. The number of rotatable bonds is 3. The molecule has 0 saturated carbocycles. The summed E-state index contributed by atoms with van der Waals surface area (Å²) in [6, 6.07) is 4.29. The van der Waals surface area contributed by atoms with Crippen molar-refractivity contribution in [1.29, 1.82) is 0 Å². The summed E-state index contributed by atoms with van der Waals surface area (Å²) in [6.45, 7) is 0.400. The van der Waals surface area contributed by atoms with E-state index < -0.39 is 0 Å². The molecule has 0 bridgehead atoms. The maximum Gasteiger partial charge on any atom is 0.263 e. The van der Waals surface area contributed by atoms with Gasteiger partial charge in [0.1, 0.15) is 10.7 Å². The molecule has 0 spiro atoms. The first-order chi connectivity index (χ1) is 8.63. The molecule has 2 aromatic rings. The van der Waals surface area contributed by atoms with Gasteiger partial charge in [-0.15, -0.1) is 23.7 Å². The predicted molar refractivity (Wildman–Crippen MR) is 72.0 cm³/mol. The summed E-state index contributed by atoms with van der Waals surface area (Å²) >= 11 is 1.24. The molecule has 2 rings (SSSR count). The number of halogens is 1. The number of nitrogens with two attached hydrogens (primary N) is 1. The summed E-state index contributed by atoms with van der Waals surface area (Å²) in [6.07, 6.45) is 5.56. The van der Waals surface area contributed by atoms with E-state index in [2.05, 4.69) is 11.2 Å². The lowest BCUT2D eigenvalue weighted by Crippen LogP contribution is -2.23. The molecule has 0 radical (unpaired) electrons. The van der Waals surface area contributed by atoms with Crippen molar-refractivity contribution in [3.05, 3.63) is 28.9 Å². The third kappa shape index (κ3) is 2.29. The quantitative estimate of drug-likeness (QED) is 0.659. The largest absolute Gasteiger partial charge is 0.397 e. The lowest BCUT2D eigenvalue weighted by molar-refractivity contribution is 0.0959. The van der Waals surface area contributed by atoms with Gasteiger partial charge in [0.25, 0.3) is 5.91 Å². The Balaban J connectivity index is 2.31. The van der Waals surface area contributed by atoms with Gasteiger partial charge in [-0.25, -0.2) is 4.39 Å². The van der Waals surface area contributed by atoms with Gasteiger partial charge in [-0.1, -0.05) is 0 Å². The number of thiophene rings is 1. The molecule has 1 aromatic carbocycles. The van der Waals surface area contributed by atoms with Gasteiger partial charge in [-0.3, -0.25) is 4.79 Å². The Hall–Kier alpha value is -2.06. The van der Waals surface area contributed by atoms with Crippen LogP contribution in [0.3, 0.4) is 0 Å². The van der Waals surface area contributed by atoms with Gasteiger partial charge in [0, 0.05) is 23.1 Å². The van der Waals surface area contributed by atoms with Gasteiger partial charge in [0.15, 0.2) is 0 Å². The van der Waals surface area contributed by atoms with Gasteiger partial charge in [-0.05, 0) is 18.2 Å². The monoisotopic (exact) mass is 262 g/mol. The van der Waals surface area contributed by atoms with Crippen LogP contribution in [0.5, 0.6) is 0 Å². The Kier molecular flexibility index (Phi) is 3.49. The van der Waals surface area contributed by atoms with E-state index >= 15 is 0 Å². The fourth-order valence-electron chi connectivity index (χ4n) is 1.59. The number of nitrogens with one attached hydrogen (secondary N) is 1. The highest BCUT2D eigenvalue weighted by molar-refractivity contribution is 7.21. The Morgan fingerprint density at radius 1 is 1.56 bits per heavy atom.